The highest BCUT2D eigenvalue weighted by Gasteiger charge is 2.39. The van der Waals surface area contributed by atoms with E-state index in [1.54, 1.807) is 6.92 Å². The quantitative estimate of drug-likeness (QED) is 0.862. The molecule has 7 heteroatoms. The number of benzene rings is 1. The average molecular weight is 329 g/mol. The summed E-state index contributed by atoms with van der Waals surface area (Å²) in [6, 6.07) is 10.7. The predicted octanol–water partition coefficient (Wildman–Crippen LogP) is 0.734. The fraction of sp³-hybridized carbons (Fsp3) is 0.353. The summed E-state index contributed by atoms with van der Waals surface area (Å²) in [5.74, 6) is 0.308. The number of carbonyl (C=O) groups excluding carboxylic acids is 1. The number of rotatable bonds is 4. The number of carbonyl (C=O) groups is 1. The number of ether oxygens (including phenoxy) is 1. The maximum Gasteiger partial charge on any atom is 0.345 e. The van der Waals surface area contributed by atoms with Crippen LogP contribution in [0.5, 0.6) is 5.75 Å². The summed E-state index contributed by atoms with van der Waals surface area (Å²) in [7, 11) is 0. The summed E-state index contributed by atoms with van der Waals surface area (Å²) in [5.41, 5.74) is -1.01. The SMILES string of the molecule is Cc1cc(C(=O)N2CC[C@@](O)(COc3ccccc3)C2)nc(=O)[nH]1. The van der Waals surface area contributed by atoms with Crippen molar-refractivity contribution in [2.75, 3.05) is 19.7 Å². The monoisotopic (exact) mass is 329 g/mol. The van der Waals surface area contributed by atoms with Gasteiger partial charge in [0.25, 0.3) is 5.91 Å². The number of β-amino-alcohol motifs (C(OH)–C–C–N with tert-alkyl or cyclic N) is 1. The van der Waals surface area contributed by atoms with Crippen LogP contribution in [0.2, 0.25) is 0 Å². The number of nitrogens with zero attached hydrogens (tertiary/aromatic N) is 2. The number of nitrogens with one attached hydrogen (secondary N) is 1. The summed E-state index contributed by atoms with van der Waals surface area (Å²) >= 11 is 0. The number of hydrogen-bond acceptors (Lipinski definition) is 5. The molecule has 1 atom stereocenters. The van der Waals surface area contributed by atoms with Crippen LogP contribution < -0.4 is 10.4 Å². The molecule has 1 aliphatic heterocycles. The number of amides is 1. The van der Waals surface area contributed by atoms with Gasteiger partial charge < -0.3 is 19.7 Å². The van der Waals surface area contributed by atoms with E-state index in [1.165, 1.54) is 11.0 Å². The van der Waals surface area contributed by atoms with Gasteiger partial charge in [-0.05, 0) is 31.5 Å². The maximum absolute atomic E-state index is 12.5. The van der Waals surface area contributed by atoms with Gasteiger partial charge in [0.2, 0.25) is 0 Å². The van der Waals surface area contributed by atoms with Crippen LogP contribution in [-0.4, -0.2) is 51.2 Å². The van der Waals surface area contributed by atoms with Crippen LogP contribution in [0.1, 0.15) is 22.6 Å². The highest BCUT2D eigenvalue weighted by atomic mass is 16.5. The highest BCUT2D eigenvalue weighted by Crippen LogP contribution is 2.24. The number of aromatic nitrogens is 2. The Bertz CT molecular complexity index is 790. The van der Waals surface area contributed by atoms with Gasteiger partial charge in [0.15, 0.2) is 0 Å². The lowest BCUT2D eigenvalue weighted by Gasteiger charge is -2.23. The fourth-order valence-corrected chi connectivity index (χ4v) is 2.73. The Hall–Kier alpha value is -2.67. The molecule has 0 bridgehead atoms. The van der Waals surface area contributed by atoms with Crippen molar-refractivity contribution in [1.82, 2.24) is 14.9 Å². The van der Waals surface area contributed by atoms with E-state index in [-0.39, 0.29) is 24.8 Å². The second-order valence-electron chi connectivity index (χ2n) is 6.06. The Balaban J connectivity index is 1.65. The summed E-state index contributed by atoms with van der Waals surface area (Å²) in [5, 5.41) is 10.6. The zero-order valence-electron chi connectivity index (χ0n) is 13.4. The number of H-pyrrole nitrogens is 1. The lowest BCUT2D eigenvalue weighted by molar-refractivity contribution is 0.00425. The molecule has 7 nitrogen and oxygen atoms in total. The lowest BCUT2D eigenvalue weighted by Crippen LogP contribution is -2.41. The molecule has 1 amide bonds. The summed E-state index contributed by atoms with van der Waals surface area (Å²) < 4.78 is 5.61. The first-order chi connectivity index (χ1) is 11.5. The summed E-state index contributed by atoms with van der Waals surface area (Å²) in [4.78, 5) is 31.6. The molecule has 126 valence electrons. The van der Waals surface area contributed by atoms with Crippen LogP contribution in [0, 0.1) is 6.92 Å². The standard InChI is InChI=1S/C17H19N3O4/c1-12-9-14(19-16(22)18-12)15(21)20-8-7-17(23,10-20)11-24-13-5-3-2-4-6-13/h2-6,9,23H,7-8,10-11H2,1H3,(H,18,19,22)/t17-/m0/s1. The van der Waals surface area contributed by atoms with Gasteiger partial charge in [0.1, 0.15) is 23.7 Å². The molecular weight excluding hydrogens is 310 g/mol. The first-order valence-electron chi connectivity index (χ1n) is 7.73. The lowest BCUT2D eigenvalue weighted by atomic mass is 10.1. The zero-order chi connectivity index (χ0) is 17.2. The number of aryl methyl sites for hydroxylation is 1. The van der Waals surface area contributed by atoms with E-state index in [4.69, 9.17) is 4.74 Å². The highest BCUT2D eigenvalue weighted by molar-refractivity contribution is 5.92. The van der Waals surface area contributed by atoms with E-state index in [1.807, 2.05) is 30.3 Å². The second-order valence-corrected chi connectivity index (χ2v) is 6.06. The van der Waals surface area contributed by atoms with Crippen molar-refractivity contribution < 1.29 is 14.6 Å². The van der Waals surface area contributed by atoms with Gasteiger partial charge in [0.05, 0.1) is 6.54 Å². The van der Waals surface area contributed by atoms with Gasteiger partial charge in [0, 0.05) is 12.2 Å². The van der Waals surface area contributed by atoms with Crippen LogP contribution in [0.3, 0.4) is 0 Å². The van der Waals surface area contributed by atoms with Gasteiger partial charge >= 0.3 is 5.69 Å². The Morgan fingerprint density at radius 1 is 1.42 bits per heavy atom. The number of aromatic amines is 1. The third kappa shape index (κ3) is 3.62. The minimum absolute atomic E-state index is 0.0875. The largest absolute Gasteiger partial charge is 0.491 e. The number of hydrogen-bond donors (Lipinski definition) is 2. The maximum atomic E-state index is 12.5. The van der Waals surface area contributed by atoms with Crippen molar-refractivity contribution >= 4 is 5.91 Å². The van der Waals surface area contributed by atoms with Crippen LogP contribution in [-0.2, 0) is 0 Å². The van der Waals surface area contributed by atoms with E-state index in [9.17, 15) is 14.7 Å². The number of aliphatic hydroxyl groups is 1. The molecule has 0 aliphatic carbocycles. The van der Waals surface area contributed by atoms with Crippen molar-refractivity contribution in [3.63, 3.8) is 0 Å². The van der Waals surface area contributed by atoms with Gasteiger partial charge in [-0.2, -0.15) is 4.98 Å². The van der Waals surface area contributed by atoms with Gasteiger partial charge in [-0.25, -0.2) is 4.79 Å². The number of likely N-dealkylation sites (tertiary alicyclic amines) is 1. The molecule has 0 spiro atoms. The van der Waals surface area contributed by atoms with Crippen molar-refractivity contribution in [3.05, 3.63) is 58.3 Å². The van der Waals surface area contributed by atoms with Gasteiger partial charge in [-0.3, -0.25) is 4.79 Å². The van der Waals surface area contributed by atoms with Gasteiger partial charge in [-0.1, -0.05) is 18.2 Å². The van der Waals surface area contributed by atoms with Crippen LogP contribution in [0.4, 0.5) is 0 Å². The molecule has 1 fully saturated rings. The van der Waals surface area contributed by atoms with Crippen LogP contribution >= 0.6 is 0 Å². The average Bonchev–Trinajstić information content (AvgIpc) is 2.95. The fourth-order valence-electron chi connectivity index (χ4n) is 2.73. The summed E-state index contributed by atoms with van der Waals surface area (Å²) in [6.45, 7) is 2.32. The molecule has 1 saturated heterocycles. The van der Waals surface area contributed by atoms with E-state index in [0.717, 1.165) is 0 Å². The molecular formula is C17H19N3O4. The third-order valence-corrected chi connectivity index (χ3v) is 3.97. The summed E-state index contributed by atoms with van der Waals surface area (Å²) in [6.07, 6.45) is 0.410. The van der Waals surface area contributed by atoms with E-state index < -0.39 is 11.3 Å². The zero-order valence-corrected chi connectivity index (χ0v) is 13.4. The minimum atomic E-state index is -1.11. The Kier molecular flexibility index (Phi) is 4.35. The first-order valence-corrected chi connectivity index (χ1v) is 7.73. The molecule has 0 saturated carbocycles. The van der Waals surface area contributed by atoms with Crippen molar-refractivity contribution in [3.8, 4) is 5.75 Å². The second kappa shape index (κ2) is 6.45. The molecule has 0 radical (unpaired) electrons. The third-order valence-electron chi connectivity index (χ3n) is 3.97. The van der Waals surface area contributed by atoms with Crippen LogP contribution in [0.25, 0.3) is 0 Å². The van der Waals surface area contributed by atoms with E-state index in [2.05, 4.69) is 9.97 Å². The Morgan fingerprint density at radius 2 is 2.17 bits per heavy atom. The van der Waals surface area contributed by atoms with Crippen molar-refractivity contribution in [1.29, 1.82) is 0 Å². The Morgan fingerprint density at radius 3 is 2.88 bits per heavy atom. The first kappa shape index (κ1) is 16.2. The minimum Gasteiger partial charge on any atom is -0.491 e. The van der Waals surface area contributed by atoms with E-state index >= 15 is 0 Å². The smallest absolute Gasteiger partial charge is 0.345 e. The van der Waals surface area contributed by atoms with Gasteiger partial charge in [-0.15, -0.1) is 0 Å². The molecule has 1 aromatic carbocycles. The molecule has 1 aromatic heterocycles. The van der Waals surface area contributed by atoms with Crippen molar-refractivity contribution in [2.24, 2.45) is 0 Å². The predicted molar refractivity (Wildman–Crippen MR) is 87.0 cm³/mol. The van der Waals surface area contributed by atoms with E-state index in [0.29, 0.717) is 24.4 Å². The normalized spacial score (nSPS) is 20.2. The topological polar surface area (TPSA) is 95.5 Å². The molecule has 24 heavy (non-hydrogen) atoms. The molecule has 0 unspecified atom stereocenters. The molecule has 2 N–H and O–H groups in total. The van der Waals surface area contributed by atoms with Crippen molar-refractivity contribution in [2.45, 2.75) is 18.9 Å². The molecule has 3 rings (SSSR count). The molecule has 1 aliphatic rings. The molecule has 2 aromatic rings. The van der Waals surface area contributed by atoms with Crippen LogP contribution in [0.15, 0.2) is 41.2 Å². The molecule has 2 heterocycles. The Labute approximate surface area is 138 Å². The number of para-hydroxylation sites is 1.